The topological polar surface area (TPSA) is 75.4 Å². The van der Waals surface area contributed by atoms with Gasteiger partial charge in [0.25, 0.3) is 0 Å². The van der Waals surface area contributed by atoms with Gasteiger partial charge in [0.2, 0.25) is 5.88 Å². The zero-order chi connectivity index (χ0) is 14.5. The number of methoxy groups -OCH3 is 1. The van der Waals surface area contributed by atoms with Gasteiger partial charge in [-0.2, -0.15) is 5.26 Å². The van der Waals surface area contributed by atoms with Crippen LogP contribution in [0.2, 0.25) is 0 Å². The van der Waals surface area contributed by atoms with Crippen molar-refractivity contribution in [2.24, 2.45) is 0 Å². The van der Waals surface area contributed by atoms with Crippen molar-refractivity contribution in [3.05, 3.63) is 47.7 Å². The molecule has 1 aromatic carbocycles. The minimum Gasteiger partial charge on any atom is -0.497 e. The molecular formula is C15H14N2O3. The monoisotopic (exact) mass is 270 g/mol. The Morgan fingerprint density at radius 3 is 2.65 bits per heavy atom. The molecule has 0 aliphatic carbocycles. The zero-order valence-corrected chi connectivity index (χ0v) is 11.2. The Balaban J connectivity index is 2.30. The molecule has 1 unspecified atom stereocenters. The van der Waals surface area contributed by atoms with Crippen molar-refractivity contribution < 1.29 is 14.6 Å². The Hall–Kier alpha value is -2.58. The molecule has 20 heavy (non-hydrogen) atoms. The van der Waals surface area contributed by atoms with Crippen LogP contribution in [-0.4, -0.2) is 17.2 Å². The van der Waals surface area contributed by atoms with Crippen molar-refractivity contribution in [1.29, 1.82) is 5.26 Å². The van der Waals surface area contributed by atoms with Crippen LogP contribution in [0, 0.1) is 11.3 Å². The Labute approximate surface area is 117 Å². The first-order valence-corrected chi connectivity index (χ1v) is 6.03. The van der Waals surface area contributed by atoms with E-state index in [0.29, 0.717) is 28.5 Å². The van der Waals surface area contributed by atoms with Gasteiger partial charge < -0.3 is 14.6 Å². The van der Waals surface area contributed by atoms with E-state index in [1.54, 1.807) is 43.5 Å². The van der Waals surface area contributed by atoms with Gasteiger partial charge in [-0.05, 0) is 30.7 Å². The predicted octanol–water partition coefficient (Wildman–Crippen LogP) is 2.81. The number of hydrogen-bond acceptors (Lipinski definition) is 5. The van der Waals surface area contributed by atoms with Crippen LogP contribution in [0.4, 0.5) is 0 Å². The summed E-state index contributed by atoms with van der Waals surface area (Å²) in [4.78, 5) is 4.07. The maximum absolute atomic E-state index is 9.53. The van der Waals surface area contributed by atoms with E-state index < -0.39 is 6.10 Å². The molecule has 5 heteroatoms. The van der Waals surface area contributed by atoms with Crippen LogP contribution in [0.15, 0.2) is 36.5 Å². The summed E-state index contributed by atoms with van der Waals surface area (Å²) in [6.45, 7) is 1.67. The molecule has 1 atom stereocenters. The van der Waals surface area contributed by atoms with Crippen molar-refractivity contribution in [1.82, 2.24) is 4.98 Å². The van der Waals surface area contributed by atoms with E-state index in [0.717, 1.165) is 0 Å². The normalized spacial score (nSPS) is 11.5. The van der Waals surface area contributed by atoms with Gasteiger partial charge in [-0.3, -0.25) is 0 Å². The van der Waals surface area contributed by atoms with Crippen LogP contribution < -0.4 is 9.47 Å². The number of pyridine rings is 1. The Morgan fingerprint density at radius 2 is 2.00 bits per heavy atom. The summed E-state index contributed by atoms with van der Waals surface area (Å²) >= 11 is 0. The van der Waals surface area contributed by atoms with E-state index >= 15 is 0 Å². The van der Waals surface area contributed by atoms with Crippen LogP contribution in [0.25, 0.3) is 0 Å². The molecule has 0 saturated carbocycles. The molecule has 0 aliphatic heterocycles. The summed E-state index contributed by atoms with van der Waals surface area (Å²) in [7, 11) is 1.52. The van der Waals surface area contributed by atoms with Crippen molar-refractivity contribution in [3.63, 3.8) is 0 Å². The van der Waals surface area contributed by atoms with Crippen molar-refractivity contribution in [3.8, 4) is 23.4 Å². The van der Waals surface area contributed by atoms with Crippen molar-refractivity contribution in [2.45, 2.75) is 13.0 Å². The number of aliphatic hydroxyl groups excluding tert-OH is 1. The van der Waals surface area contributed by atoms with E-state index in [1.807, 2.05) is 6.07 Å². The summed E-state index contributed by atoms with van der Waals surface area (Å²) in [6, 6.07) is 10.3. The summed E-state index contributed by atoms with van der Waals surface area (Å²) < 4.78 is 10.7. The number of rotatable bonds is 4. The second kappa shape index (κ2) is 6.04. The predicted molar refractivity (Wildman–Crippen MR) is 72.7 cm³/mol. The third-order valence-electron chi connectivity index (χ3n) is 2.71. The second-order valence-corrected chi connectivity index (χ2v) is 4.21. The molecule has 2 aromatic rings. The van der Waals surface area contributed by atoms with Gasteiger partial charge in [-0.25, -0.2) is 4.98 Å². The third-order valence-corrected chi connectivity index (χ3v) is 2.71. The highest BCUT2D eigenvalue weighted by molar-refractivity contribution is 5.45. The van der Waals surface area contributed by atoms with Gasteiger partial charge in [0.1, 0.15) is 11.5 Å². The molecular weight excluding hydrogens is 256 g/mol. The molecule has 0 saturated heterocycles. The van der Waals surface area contributed by atoms with Crippen LogP contribution in [0.3, 0.4) is 0 Å². The number of nitrogens with zero attached hydrogens (tertiary/aromatic N) is 2. The SMILES string of the molecule is COc1cc(C#N)cc(Oc2cc(C(C)O)ccn2)c1. The van der Waals surface area contributed by atoms with Crippen molar-refractivity contribution in [2.75, 3.05) is 7.11 Å². The van der Waals surface area contributed by atoms with Gasteiger partial charge in [0.15, 0.2) is 0 Å². The summed E-state index contributed by atoms with van der Waals surface area (Å²) in [5.41, 5.74) is 1.14. The number of benzene rings is 1. The first-order chi connectivity index (χ1) is 9.62. The van der Waals surface area contributed by atoms with Gasteiger partial charge in [0.05, 0.1) is 24.8 Å². The molecule has 1 aromatic heterocycles. The molecule has 0 amide bonds. The minimum atomic E-state index is -0.597. The fourth-order valence-electron chi connectivity index (χ4n) is 1.67. The zero-order valence-electron chi connectivity index (χ0n) is 11.2. The fourth-order valence-corrected chi connectivity index (χ4v) is 1.67. The smallest absolute Gasteiger partial charge is 0.219 e. The molecule has 0 aliphatic rings. The third kappa shape index (κ3) is 3.25. The summed E-state index contributed by atoms with van der Waals surface area (Å²) in [6.07, 6.45) is 0.961. The van der Waals surface area contributed by atoms with E-state index in [9.17, 15) is 5.11 Å². The average molecular weight is 270 g/mol. The lowest BCUT2D eigenvalue weighted by molar-refractivity contribution is 0.198. The highest BCUT2D eigenvalue weighted by atomic mass is 16.5. The fraction of sp³-hybridized carbons (Fsp3) is 0.200. The van der Waals surface area contributed by atoms with E-state index in [4.69, 9.17) is 14.7 Å². The van der Waals surface area contributed by atoms with E-state index in [1.165, 1.54) is 7.11 Å². The molecule has 0 spiro atoms. The first kappa shape index (κ1) is 13.8. The molecule has 1 heterocycles. The van der Waals surface area contributed by atoms with Gasteiger partial charge in [-0.1, -0.05) is 0 Å². The van der Waals surface area contributed by atoms with Gasteiger partial charge in [0, 0.05) is 18.3 Å². The second-order valence-electron chi connectivity index (χ2n) is 4.21. The number of aliphatic hydroxyl groups is 1. The number of nitriles is 1. The number of ether oxygens (including phenoxy) is 2. The lowest BCUT2D eigenvalue weighted by Crippen LogP contribution is -1.95. The quantitative estimate of drug-likeness (QED) is 0.924. The molecule has 0 radical (unpaired) electrons. The van der Waals surface area contributed by atoms with Crippen LogP contribution in [0.5, 0.6) is 17.4 Å². The average Bonchev–Trinajstić information content (AvgIpc) is 2.47. The lowest BCUT2D eigenvalue weighted by Gasteiger charge is -2.09. The maximum atomic E-state index is 9.53. The largest absolute Gasteiger partial charge is 0.497 e. The Morgan fingerprint density at radius 1 is 1.25 bits per heavy atom. The molecule has 0 bridgehead atoms. The molecule has 0 fully saturated rings. The molecule has 2 rings (SSSR count). The van der Waals surface area contributed by atoms with Gasteiger partial charge in [-0.15, -0.1) is 0 Å². The van der Waals surface area contributed by atoms with Crippen LogP contribution in [0.1, 0.15) is 24.2 Å². The summed E-state index contributed by atoms with van der Waals surface area (Å²) in [5, 5.41) is 18.5. The molecule has 1 N–H and O–H groups in total. The van der Waals surface area contributed by atoms with Crippen LogP contribution in [-0.2, 0) is 0 Å². The number of aromatic nitrogens is 1. The highest BCUT2D eigenvalue weighted by Gasteiger charge is 2.07. The van der Waals surface area contributed by atoms with Crippen LogP contribution >= 0.6 is 0 Å². The number of hydrogen-bond donors (Lipinski definition) is 1. The van der Waals surface area contributed by atoms with Gasteiger partial charge >= 0.3 is 0 Å². The Kier molecular flexibility index (Phi) is 4.18. The minimum absolute atomic E-state index is 0.348. The summed E-state index contributed by atoms with van der Waals surface area (Å²) in [5.74, 6) is 1.34. The Bertz CT molecular complexity index is 648. The first-order valence-electron chi connectivity index (χ1n) is 6.03. The standard InChI is InChI=1S/C15H14N2O3/c1-10(18)12-3-4-17-15(7-12)20-14-6-11(9-16)5-13(8-14)19-2/h3-8,10,18H,1-2H3. The van der Waals surface area contributed by atoms with E-state index in [2.05, 4.69) is 4.98 Å². The molecule has 102 valence electrons. The van der Waals surface area contributed by atoms with Crippen molar-refractivity contribution >= 4 is 0 Å². The molecule has 5 nitrogen and oxygen atoms in total. The maximum Gasteiger partial charge on any atom is 0.219 e. The highest BCUT2D eigenvalue weighted by Crippen LogP contribution is 2.27. The van der Waals surface area contributed by atoms with E-state index in [-0.39, 0.29) is 0 Å². The lowest BCUT2D eigenvalue weighted by atomic mass is 10.2.